The number of fused-ring (bicyclic) bond motifs is 1. The van der Waals surface area contributed by atoms with Gasteiger partial charge in [0.25, 0.3) is 6.43 Å². The van der Waals surface area contributed by atoms with Crippen LogP contribution >= 0.6 is 11.3 Å². The van der Waals surface area contributed by atoms with E-state index < -0.39 is 13.0 Å². The van der Waals surface area contributed by atoms with E-state index in [1.165, 1.54) is 11.3 Å². The molecule has 0 fully saturated rings. The van der Waals surface area contributed by atoms with Gasteiger partial charge >= 0.3 is 0 Å². The zero-order chi connectivity index (χ0) is 23.1. The second-order valence-electron chi connectivity index (χ2n) is 9.99. The number of halogens is 2. The molecule has 3 rings (SSSR count). The number of carbonyl (C=O) groups is 1. The molecule has 0 spiro atoms. The van der Waals surface area contributed by atoms with Gasteiger partial charge in [0.15, 0.2) is 5.78 Å². The van der Waals surface area contributed by atoms with Gasteiger partial charge in [0.1, 0.15) is 12.4 Å². The molecule has 0 amide bonds. The number of Topliss-reactive ketones (excluding diaryl/α,β-unsaturated/α-hetero) is 1. The van der Waals surface area contributed by atoms with Crippen molar-refractivity contribution in [2.45, 2.75) is 65.7 Å². The topological polar surface area (TPSA) is 26.3 Å². The fraction of sp³-hybridized carbons (Fsp3) is 0.423. The molecule has 0 aliphatic carbocycles. The van der Waals surface area contributed by atoms with Crippen molar-refractivity contribution in [3.8, 4) is 16.9 Å². The quantitative estimate of drug-likeness (QED) is 0.373. The third-order valence-electron chi connectivity index (χ3n) is 5.32. The lowest BCUT2D eigenvalue weighted by Gasteiger charge is -2.29. The van der Waals surface area contributed by atoms with Crippen LogP contribution in [0.25, 0.3) is 21.2 Å². The van der Waals surface area contributed by atoms with Crippen LogP contribution in [-0.4, -0.2) is 18.8 Å². The van der Waals surface area contributed by atoms with Gasteiger partial charge in [0.2, 0.25) is 0 Å². The number of alkyl halides is 2. The smallest absolute Gasteiger partial charge is 0.272 e. The maximum absolute atomic E-state index is 13.1. The molecule has 1 aromatic heterocycles. The minimum Gasteiger partial charge on any atom is -0.487 e. The molecule has 0 saturated carbocycles. The number of rotatable bonds is 5. The summed E-state index contributed by atoms with van der Waals surface area (Å²) in [5.41, 5.74) is 3.24. The lowest BCUT2D eigenvalue weighted by molar-refractivity contribution is 0.0812. The highest BCUT2D eigenvalue weighted by Crippen LogP contribution is 2.45. The number of hydrogen-bond acceptors (Lipinski definition) is 3. The molecule has 0 radical (unpaired) electrons. The third kappa shape index (κ3) is 4.98. The molecule has 3 aromatic rings. The van der Waals surface area contributed by atoms with Crippen LogP contribution in [-0.2, 0) is 10.8 Å². The average molecular weight is 445 g/mol. The number of carbonyl (C=O) groups excluding carboxylic acids is 1. The molecule has 0 aliphatic heterocycles. The maximum Gasteiger partial charge on any atom is 0.272 e. The molecule has 0 bridgehead atoms. The minimum absolute atomic E-state index is 0.0140. The Labute approximate surface area is 187 Å². The van der Waals surface area contributed by atoms with E-state index in [2.05, 4.69) is 53.7 Å². The Morgan fingerprint density at radius 1 is 1.00 bits per heavy atom. The van der Waals surface area contributed by atoms with E-state index in [4.69, 9.17) is 4.74 Å². The maximum atomic E-state index is 13.1. The summed E-state index contributed by atoms with van der Waals surface area (Å²) < 4.78 is 33.0. The van der Waals surface area contributed by atoms with Crippen molar-refractivity contribution in [2.75, 3.05) is 6.61 Å². The van der Waals surface area contributed by atoms with E-state index in [0.717, 1.165) is 32.3 Å². The lowest BCUT2D eigenvalue weighted by Crippen LogP contribution is -2.20. The number of hydrogen-bond donors (Lipinski definition) is 0. The molecule has 31 heavy (non-hydrogen) atoms. The van der Waals surface area contributed by atoms with Crippen LogP contribution in [0.1, 0.15) is 69.3 Å². The van der Waals surface area contributed by atoms with Crippen LogP contribution in [0, 0.1) is 0 Å². The summed E-state index contributed by atoms with van der Waals surface area (Å²) in [5.74, 6) is 0.504. The van der Waals surface area contributed by atoms with Gasteiger partial charge in [0.05, 0.1) is 4.88 Å². The van der Waals surface area contributed by atoms with Crippen LogP contribution < -0.4 is 4.74 Å². The summed E-state index contributed by atoms with van der Waals surface area (Å²) in [6, 6.07) is 11.9. The third-order valence-corrected chi connectivity index (χ3v) is 6.52. The van der Waals surface area contributed by atoms with Crippen LogP contribution in [0.3, 0.4) is 0 Å². The first kappa shape index (κ1) is 23.4. The standard InChI is InChI=1S/C26H30F2O2S/c1-15(29)22-13-18-17(9-8-10-21(18)31-22)19-11-16(25(2,3)4)12-20(26(5,6)7)24(19)30-14-23(27)28/h8-13,23H,14H2,1-7H3. The predicted molar refractivity (Wildman–Crippen MR) is 126 cm³/mol. The summed E-state index contributed by atoms with van der Waals surface area (Å²) in [6.45, 7) is 13.5. The summed E-state index contributed by atoms with van der Waals surface area (Å²) in [4.78, 5) is 12.7. The molecule has 0 atom stereocenters. The Balaban J connectivity index is 2.39. The first-order valence-electron chi connectivity index (χ1n) is 10.4. The van der Waals surface area contributed by atoms with Crippen molar-refractivity contribution in [1.29, 1.82) is 0 Å². The number of ether oxygens (including phenoxy) is 1. The molecular weight excluding hydrogens is 414 g/mol. The predicted octanol–water partition coefficient (Wildman–Crippen LogP) is 8.01. The van der Waals surface area contributed by atoms with Crippen LogP contribution in [0.5, 0.6) is 5.75 Å². The first-order valence-corrected chi connectivity index (χ1v) is 11.2. The lowest BCUT2D eigenvalue weighted by atomic mass is 9.78. The first-order chi connectivity index (χ1) is 14.3. The highest BCUT2D eigenvalue weighted by atomic mass is 32.1. The average Bonchev–Trinajstić information content (AvgIpc) is 3.08. The number of thiophene rings is 1. The van der Waals surface area contributed by atoms with Crippen molar-refractivity contribution in [1.82, 2.24) is 0 Å². The molecule has 0 saturated heterocycles. The molecule has 0 aliphatic rings. The number of ketones is 1. The molecule has 0 N–H and O–H groups in total. The Morgan fingerprint density at radius 2 is 1.68 bits per heavy atom. The van der Waals surface area contributed by atoms with Crippen LogP contribution in [0.15, 0.2) is 36.4 Å². The molecule has 1 heterocycles. The fourth-order valence-corrected chi connectivity index (χ4v) is 4.57. The SMILES string of the molecule is CC(=O)c1cc2c(-c3cc(C(C)(C)C)cc(C(C)(C)C)c3OCC(F)F)cccc2s1. The Bertz CT molecular complexity index is 1110. The molecule has 5 heteroatoms. The molecular formula is C26H30F2O2S. The van der Waals surface area contributed by atoms with E-state index in [9.17, 15) is 13.6 Å². The fourth-order valence-electron chi connectivity index (χ4n) is 3.59. The zero-order valence-electron chi connectivity index (χ0n) is 19.2. The van der Waals surface area contributed by atoms with Crippen molar-refractivity contribution in [3.63, 3.8) is 0 Å². The number of benzene rings is 2. The van der Waals surface area contributed by atoms with Gasteiger partial charge in [-0.1, -0.05) is 59.7 Å². The highest BCUT2D eigenvalue weighted by molar-refractivity contribution is 7.20. The highest BCUT2D eigenvalue weighted by Gasteiger charge is 2.28. The largest absolute Gasteiger partial charge is 0.487 e. The summed E-state index contributed by atoms with van der Waals surface area (Å²) in [7, 11) is 0. The summed E-state index contributed by atoms with van der Waals surface area (Å²) in [6.07, 6.45) is -2.57. The summed E-state index contributed by atoms with van der Waals surface area (Å²) in [5, 5.41) is 0.936. The Kier molecular flexibility index (Phi) is 6.30. The Hall–Kier alpha value is -2.27. The van der Waals surface area contributed by atoms with E-state index in [-0.39, 0.29) is 16.6 Å². The Morgan fingerprint density at radius 3 is 2.23 bits per heavy atom. The van der Waals surface area contributed by atoms with Gasteiger partial charge in [-0.2, -0.15) is 0 Å². The van der Waals surface area contributed by atoms with Crippen molar-refractivity contribution in [2.24, 2.45) is 0 Å². The molecule has 2 nitrogen and oxygen atoms in total. The van der Waals surface area contributed by atoms with Crippen LogP contribution in [0.2, 0.25) is 0 Å². The van der Waals surface area contributed by atoms with Crippen molar-refractivity contribution >= 4 is 27.2 Å². The normalized spacial score (nSPS) is 12.6. The van der Waals surface area contributed by atoms with Gasteiger partial charge in [-0.25, -0.2) is 8.78 Å². The van der Waals surface area contributed by atoms with Gasteiger partial charge in [-0.15, -0.1) is 11.3 Å². The zero-order valence-corrected chi connectivity index (χ0v) is 20.0. The van der Waals surface area contributed by atoms with Gasteiger partial charge in [-0.3, -0.25) is 4.79 Å². The molecule has 0 unspecified atom stereocenters. The summed E-state index contributed by atoms with van der Waals surface area (Å²) >= 11 is 1.45. The minimum atomic E-state index is -2.57. The van der Waals surface area contributed by atoms with Gasteiger partial charge in [0, 0.05) is 21.2 Å². The van der Waals surface area contributed by atoms with Gasteiger partial charge in [-0.05, 0) is 47.1 Å². The molecule has 2 aromatic carbocycles. The van der Waals surface area contributed by atoms with Crippen molar-refractivity contribution in [3.05, 3.63) is 52.4 Å². The second-order valence-corrected chi connectivity index (χ2v) is 11.1. The van der Waals surface area contributed by atoms with E-state index in [0.29, 0.717) is 10.6 Å². The van der Waals surface area contributed by atoms with E-state index in [1.54, 1.807) is 6.92 Å². The monoisotopic (exact) mass is 444 g/mol. The van der Waals surface area contributed by atoms with Crippen LogP contribution in [0.4, 0.5) is 8.78 Å². The van der Waals surface area contributed by atoms with Crippen molar-refractivity contribution < 1.29 is 18.3 Å². The second kappa shape index (κ2) is 8.34. The van der Waals surface area contributed by atoms with E-state index in [1.807, 2.05) is 24.3 Å². The van der Waals surface area contributed by atoms with Gasteiger partial charge < -0.3 is 4.74 Å². The molecule has 166 valence electrons. The van der Waals surface area contributed by atoms with E-state index >= 15 is 0 Å².